The zero-order chi connectivity index (χ0) is 15.1. The maximum absolute atomic E-state index is 12.0. The number of carbonyl (C=O) groups is 1. The van der Waals surface area contributed by atoms with Crippen molar-refractivity contribution in [2.45, 2.75) is 39.8 Å². The highest BCUT2D eigenvalue weighted by molar-refractivity contribution is 5.78. The van der Waals surface area contributed by atoms with Gasteiger partial charge in [0.1, 0.15) is 0 Å². The second-order valence-electron chi connectivity index (χ2n) is 5.38. The maximum Gasteiger partial charge on any atom is 0.223 e. The molecule has 1 aromatic carbocycles. The van der Waals surface area contributed by atoms with Gasteiger partial charge in [0, 0.05) is 24.9 Å². The maximum atomic E-state index is 12.0. The molecule has 112 valence electrons. The van der Waals surface area contributed by atoms with Crippen molar-refractivity contribution in [1.82, 2.24) is 15.1 Å². The van der Waals surface area contributed by atoms with Crippen molar-refractivity contribution in [3.05, 3.63) is 53.9 Å². The summed E-state index contributed by atoms with van der Waals surface area (Å²) in [5.74, 6) is 0.207. The summed E-state index contributed by atoms with van der Waals surface area (Å²) in [7, 11) is 0. The monoisotopic (exact) mass is 285 g/mol. The fourth-order valence-electron chi connectivity index (χ4n) is 2.37. The number of nitrogens with one attached hydrogen (secondary N) is 1. The van der Waals surface area contributed by atoms with E-state index in [0.717, 1.165) is 24.9 Å². The number of benzene rings is 1. The van der Waals surface area contributed by atoms with Crippen LogP contribution in [0.25, 0.3) is 0 Å². The van der Waals surface area contributed by atoms with Gasteiger partial charge in [-0.05, 0) is 23.6 Å². The minimum atomic E-state index is 0.0771. The smallest absolute Gasteiger partial charge is 0.223 e. The molecule has 0 aliphatic heterocycles. The summed E-state index contributed by atoms with van der Waals surface area (Å²) in [5, 5.41) is 7.26. The lowest BCUT2D eigenvalue weighted by Crippen LogP contribution is -2.29. The van der Waals surface area contributed by atoms with Crippen molar-refractivity contribution in [1.29, 1.82) is 0 Å². The van der Waals surface area contributed by atoms with E-state index in [0.29, 0.717) is 6.54 Å². The van der Waals surface area contributed by atoms with E-state index in [1.54, 1.807) is 6.20 Å². The van der Waals surface area contributed by atoms with Crippen LogP contribution in [0.2, 0.25) is 0 Å². The molecule has 0 spiro atoms. The van der Waals surface area contributed by atoms with Gasteiger partial charge in [-0.3, -0.25) is 9.48 Å². The number of carbonyl (C=O) groups excluding carboxylic acids is 1. The van der Waals surface area contributed by atoms with Crippen LogP contribution in [0, 0.1) is 5.92 Å². The third kappa shape index (κ3) is 4.45. The Hall–Kier alpha value is -2.10. The van der Waals surface area contributed by atoms with Crippen molar-refractivity contribution in [3.63, 3.8) is 0 Å². The zero-order valence-corrected chi connectivity index (χ0v) is 12.7. The quantitative estimate of drug-likeness (QED) is 0.850. The third-order valence-corrected chi connectivity index (χ3v) is 3.63. The Morgan fingerprint density at radius 2 is 2.05 bits per heavy atom. The van der Waals surface area contributed by atoms with Crippen molar-refractivity contribution in [2.75, 3.05) is 0 Å². The van der Waals surface area contributed by atoms with Crippen LogP contribution in [0.15, 0.2) is 42.7 Å². The number of amides is 1. The number of hydrogen-bond donors (Lipinski definition) is 1. The lowest BCUT2D eigenvalue weighted by Gasteiger charge is -2.13. The van der Waals surface area contributed by atoms with Crippen molar-refractivity contribution < 1.29 is 4.79 Å². The van der Waals surface area contributed by atoms with Crippen LogP contribution in [-0.4, -0.2) is 15.7 Å². The van der Waals surface area contributed by atoms with Gasteiger partial charge >= 0.3 is 0 Å². The molecule has 4 heteroatoms. The zero-order valence-electron chi connectivity index (χ0n) is 12.7. The Morgan fingerprint density at radius 1 is 1.29 bits per heavy atom. The average molecular weight is 285 g/mol. The van der Waals surface area contributed by atoms with E-state index < -0.39 is 0 Å². The minimum Gasteiger partial charge on any atom is -0.352 e. The third-order valence-electron chi connectivity index (χ3n) is 3.63. The van der Waals surface area contributed by atoms with E-state index in [1.807, 2.05) is 36.0 Å². The molecule has 1 amide bonds. The number of aromatic nitrogens is 2. The largest absolute Gasteiger partial charge is 0.352 e. The summed E-state index contributed by atoms with van der Waals surface area (Å²) in [4.78, 5) is 12.0. The highest BCUT2D eigenvalue weighted by Crippen LogP contribution is 2.11. The van der Waals surface area contributed by atoms with Crippen LogP contribution in [-0.2, 0) is 17.9 Å². The highest BCUT2D eigenvalue weighted by atomic mass is 16.1. The van der Waals surface area contributed by atoms with Crippen LogP contribution >= 0.6 is 0 Å². The molecule has 0 aliphatic rings. The molecule has 1 unspecified atom stereocenters. The van der Waals surface area contributed by atoms with E-state index in [1.165, 1.54) is 5.56 Å². The Bertz CT molecular complexity index is 563. The normalized spacial score (nSPS) is 12.1. The summed E-state index contributed by atoms with van der Waals surface area (Å²) in [6, 6.07) is 10.1. The summed E-state index contributed by atoms with van der Waals surface area (Å²) >= 11 is 0. The van der Waals surface area contributed by atoms with Gasteiger partial charge in [0.05, 0.1) is 6.54 Å². The van der Waals surface area contributed by atoms with Gasteiger partial charge in [-0.25, -0.2) is 0 Å². The number of rotatable bonds is 7. The Morgan fingerprint density at radius 3 is 2.71 bits per heavy atom. The first kappa shape index (κ1) is 15.3. The van der Waals surface area contributed by atoms with E-state index in [-0.39, 0.29) is 11.8 Å². The molecule has 2 aromatic rings. The molecule has 1 N–H and O–H groups in total. The Labute approximate surface area is 126 Å². The molecule has 1 atom stereocenters. The first-order valence-corrected chi connectivity index (χ1v) is 7.52. The fourth-order valence-corrected chi connectivity index (χ4v) is 2.37. The molecule has 4 nitrogen and oxygen atoms in total. The van der Waals surface area contributed by atoms with E-state index in [4.69, 9.17) is 0 Å². The van der Waals surface area contributed by atoms with Gasteiger partial charge in [-0.15, -0.1) is 0 Å². The van der Waals surface area contributed by atoms with Crippen LogP contribution in [0.5, 0.6) is 0 Å². The molecular formula is C17H23N3O. The summed E-state index contributed by atoms with van der Waals surface area (Å²) in [6.07, 6.45) is 5.68. The molecule has 1 heterocycles. The topological polar surface area (TPSA) is 46.9 Å². The first-order chi connectivity index (χ1) is 10.2. The fraction of sp³-hybridized carbons (Fsp3) is 0.412. The Balaban J connectivity index is 1.98. The predicted molar refractivity (Wildman–Crippen MR) is 83.7 cm³/mol. The first-order valence-electron chi connectivity index (χ1n) is 7.52. The van der Waals surface area contributed by atoms with Gasteiger partial charge in [0.2, 0.25) is 5.91 Å². The summed E-state index contributed by atoms with van der Waals surface area (Å²) in [6.45, 7) is 5.38. The number of hydrogen-bond acceptors (Lipinski definition) is 2. The lowest BCUT2D eigenvalue weighted by atomic mass is 10.0. The van der Waals surface area contributed by atoms with Gasteiger partial charge in [0.15, 0.2) is 0 Å². The van der Waals surface area contributed by atoms with Crippen molar-refractivity contribution in [3.8, 4) is 0 Å². The SMILES string of the molecule is CCCC(C)C(=O)NCc1ccccc1Cn1cccn1. The molecule has 0 aliphatic carbocycles. The standard InChI is InChI=1S/C17H23N3O/c1-3-7-14(2)17(21)18-12-15-8-4-5-9-16(15)13-20-11-6-10-19-20/h4-6,8-11,14H,3,7,12-13H2,1-2H3,(H,18,21). The van der Waals surface area contributed by atoms with Gasteiger partial charge < -0.3 is 5.32 Å². The molecule has 0 bridgehead atoms. The van der Waals surface area contributed by atoms with Crippen LogP contribution in [0.3, 0.4) is 0 Å². The lowest BCUT2D eigenvalue weighted by molar-refractivity contribution is -0.124. The Kier molecular flexibility index (Phi) is 5.55. The minimum absolute atomic E-state index is 0.0771. The molecule has 0 fully saturated rings. The van der Waals surface area contributed by atoms with E-state index >= 15 is 0 Å². The second kappa shape index (κ2) is 7.62. The van der Waals surface area contributed by atoms with E-state index in [2.05, 4.69) is 29.5 Å². The molecule has 0 saturated carbocycles. The highest BCUT2D eigenvalue weighted by Gasteiger charge is 2.12. The van der Waals surface area contributed by atoms with Crippen LogP contribution in [0.1, 0.15) is 37.8 Å². The molecule has 0 saturated heterocycles. The van der Waals surface area contributed by atoms with Crippen molar-refractivity contribution >= 4 is 5.91 Å². The summed E-state index contributed by atoms with van der Waals surface area (Å²) < 4.78 is 1.89. The average Bonchev–Trinajstić information content (AvgIpc) is 2.99. The molecule has 0 radical (unpaired) electrons. The molecular weight excluding hydrogens is 262 g/mol. The van der Waals surface area contributed by atoms with Crippen LogP contribution < -0.4 is 5.32 Å². The molecule has 1 aromatic heterocycles. The van der Waals surface area contributed by atoms with Gasteiger partial charge in [0.25, 0.3) is 0 Å². The molecule has 2 rings (SSSR count). The predicted octanol–water partition coefficient (Wildman–Crippen LogP) is 2.98. The van der Waals surface area contributed by atoms with Crippen LogP contribution in [0.4, 0.5) is 0 Å². The van der Waals surface area contributed by atoms with Crippen molar-refractivity contribution in [2.24, 2.45) is 5.92 Å². The second-order valence-corrected chi connectivity index (χ2v) is 5.38. The van der Waals surface area contributed by atoms with E-state index in [9.17, 15) is 4.79 Å². The summed E-state index contributed by atoms with van der Waals surface area (Å²) in [5.41, 5.74) is 2.33. The number of nitrogens with zero attached hydrogens (tertiary/aromatic N) is 2. The van der Waals surface area contributed by atoms with Gasteiger partial charge in [-0.1, -0.05) is 44.5 Å². The van der Waals surface area contributed by atoms with Gasteiger partial charge in [-0.2, -0.15) is 5.10 Å². The molecule has 21 heavy (non-hydrogen) atoms.